The van der Waals surface area contributed by atoms with E-state index in [0.29, 0.717) is 10.7 Å². The molecule has 0 unspecified atom stereocenters. The van der Waals surface area contributed by atoms with Crippen molar-refractivity contribution in [3.8, 4) is 0 Å². The summed E-state index contributed by atoms with van der Waals surface area (Å²) in [6.45, 7) is 0. The van der Waals surface area contributed by atoms with Crippen LogP contribution in [0.4, 0.5) is 20.2 Å². The molecule has 20 heavy (non-hydrogen) atoms. The zero-order valence-electron chi connectivity index (χ0n) is 9.88. The van der Waals surface area contributed by atoms with Crippen LogP contribution in [0.3, 0.4) is 0 Å². The summed E-state index contributed by atoms with van der Waals surface area (Å²) in [7, 11) is 0. The molecule has 0 saturated carbocycles. The first-order valence-corrected chi connectivity index (χ1v) is 6.56. The fourth-order valence-corrected chi connectivity index (χ4v) is 2.13. The predicted molar refractivity (Wildman–Crippen MR) is 82.0 cm³/mol. The number of anilines is 2. The van der Waals surface area contributed by atoms with Crippen molar-refractivity contribution in [1.82, 2.24) is 0 Å². The smallest absolute Gasteiger partial charge is 0.150 e. The molecule has 0 bridgehead atoms. The summed E-state index contributed by atoms with van der Waals surface area (Å²) in [6, 6.07) is 6.64. The maximum atomic E-state index is 13.9. The summed E-state index contributed by atoms with van der Waals surface area (Å²) >= 11 is 16.4. The number of nitrogens with two attached hydrogens (primary N) is 1. The van der Waals surface area contributed by atoms with E-state index >= 15 is 0 Å². The van der Waals surface area contributed by atoms with Crippen LogP contribution < -0.4 is 11.1 Å². The highest BCUT2D eigenvalue weighted by atomic mass is 35.5. The van der Waals surface area contributed by atoms with Crippen molar-refractivity contribution in [2.45, 2.75) is 0 Å². The number of nitrogens with one attached hydrogen (secondary N) is 1. The summed E-state index contributed by atoms with van der Waals surface area (Å²) in [6.07, 6.45) is 0. The van der Waals surface area contributed by atoms with Crippen LogP contribution in [0.25, 0.3) is 0 Å². The molecule has 0 radical (unpaired) electrons. The van der Waals surface area contributed by atoms with Gasteiger partial charge in [-0.1, -0.05) is 35.4 Å². The van der Waals surface area contributed by atoms with Gasteiger partial charge in [0.2, 0.25) is 0 Å². The first kappa shape index (κ1) is 15.0. The molecule has 0 spiro atoms. The van der Waals surface area contributed by atoms with Gasteiger partial charge < -0.3 is 11.1 Å². The molecular weight excluding hydrogens is 325 g/mol. The van der Waals surface area contributed by atoms with Gasteiger partial charge >= 0.3 is 0 Å². The van der Waals surface area contributed by atoms with Crippen LogP contribution in [0.1, 0.15) is 5.56 Å². The van der Waals surface area contributed by atoms with Gasteiger partial charge in [0.1, 0.15) is 22.3 Å². The maximum Gasteiger partial charge on any atom is 0.150 e. The van der Waals surface area contributed by atoms with Gasteiger partial charge in [-0.15, -0.1) is 0 Å². The fourth-order valence-electron chi connectivity index (χ4n) is 1.56. The molecule has 0 aliphatic carbocycles. The Bertz CT molecular complexity index is 669. The Morgan fingerprint density at radius 3 is 2.20 bits per heavy atom. The third kappa shape index (κ3) is 3.17. The molecule has 0 aliphatic rings. The summed E-state index contributed by atoms with van der Waals surface area (Å²) in [4.78, 5) is -0.0844. The van der Waals surface area contributed by atoms with E-state index in [2.05, 4.69) is 17.5 Å². The molecule has 104 valence electrons. The van der Waals surface area contributed by atoms with Crippen LogP contribution in [-0.2, 0) is 0 Å². The molecule has 2 aromatic rings. The van der Waals surface area contributed by atoms with E-state index < -0.39 is 11.6 Å². The molecule has 2 rings (SSSR count). The molecular formula is C13H8Cl2F2N2S. The second kappa shape index (κ2) is 5.91. The highest BCUT2D eigenvalue weighted by Gasteiger charge is 2.14. The first-order valence-electron chi connectivity index (χ1n) is 5.39. The van der Waals surface area contributed by atoms with Gasteiger partial charge in [-0.3, -0.25) is 0 Å². The van der Waals surface area contributed by atoms with Crippen LogP contribution in [0.2, 0.25) is 10.0 Å². The van der Waals surface area contributed by atoms with Crippen molar-refractivity contribution in [3.63, 3.8) is 0 Å². The van der Waals surface area contributed by atoms with Crippen LogP contribution in [0.15, 0.2) is 30.3 Å². The number of thiocarbonyl (C=S) groups is 1. The van der Waals surface area contributed by atoms with Crippen molar-refractivity contribution in [2.75, 3.05) is 5.32 Å². The number of rotatable bonds is 3. The molecule has 0 aliphatic heterocycles. The average Bonchev–Trinajstić information content (AvgIpc) is 2.35. The first-order chi connectivity index (χ1) is 9.38. The normalized spacial score (nSPS) is 10.4. The number of hydrogen-bond acceptors (Lipinski definition) is 2. The molecule has 0 fully saturated rings. The topological polar surface area (TPSA) is 38.0 Å². The minimum absolute atomic E-state index is 0.0844. The van der Waals surface area contributed by atoms with Crippen LogP contribution >= 0.6 is 35.4 Å². The standard InChI is InChI=1S/C13H8Cl2F2N2S/c14-7-1-2-11(8(15)5-7)19-12-9(16)3-6(13(18)20)4-10(12)17/h1-5,19H,(H2,18,20). The largest absolute Gasteiger partial charge is 0.389 e. The van der Waals surface area contributed by atoms with Gasteiger partial charge in [0, 0.05) is 10.6 Å². The Hall–Kier alpha value is -1.43. The minimum atomic E-state index is -0.821. The lowest BCUT2D eigenvalue weighted by molar-refractivity contribution is 0.590. The third-order valence-corrected chi connectivity index (χ3v) is 3.30. The van der Waals surface area contributed by atoms with Gasteiger partial charge in [0.15, 0.2) is 0 Å². The lowest BCUT2D eigenvalue weighted by Gasteiger charge is -2.12. The molecule has 0 atom stereocenters. The van der Waals surface area contributed by atoms with E-state index in [0.717, 1.165) is 12.1 Å². The van der Waals surface area contributed by atoms with Crippen LogP contribution in [0.5, 0.6) is 0 Å². The monoisotopic (exact) mass is 332 g/mol. The third-order valence-electron chi connectivity index (χ3n) is 2.52. The quantitative estimate of drug-likeness (QED) is 0.803. The number of hydrogen-bond donors (Lipinski definition) is 2. The highest BCUT2D eigenvalue weighted by molar-refractivity contribution is 7.80. The van der Waals surface area contributed by atoms with Gasteiger partial charge in [-0.25, -0.2) is 8.78 Å². The second-order valence-electron chi connectivity index (χ2n) is 3.93. The van der Waals surface area contributed by atoms with E-state index in [1.54, 1.807) is 6.07 Å². The lowest BCUT2D eigenvalue weighted by atomic mass is 10.1. The summed E-state index contributed by atoms with van der Waals surface area (Å²) < 4.78 is 27.8. The summed E-state index contributed by atoms with van der Waals surface area (Å²) in [5.74, 6) is -1.64. The molecule has 0 saturated heterocycles. The van der Waals surface area contributed by atoms with E-state index in [9.17, 15) is 8.78 Å². The highest BCUT2D eigenvalue weighted by Crippen LogP contribution is 2.31. The Labute approximate surface area is 129 Å². The van der Waals surface area contributed by atoms with Crippen LogP contribution in [0, 0.1) is 11.6 Å². The summed E-state index contributed by atoms with van der Waals surface area (Å²) in [5, 5.41) is 3.24. The van der Waals surface area contributed by atoms with Crippen LogP contribution in [-0.4, -0.2) is 4.99 Å². The Kier molecular flexibility index (Phi) is 4.42. The van der Waals surface area contributed by atoms with E-state index in [4.69, 9.17) is 28.9 Å². The average molecular weight is 333 g/mol. The predicted octanol–water partition coefficient (Wildman–Crippen LogP) is 4.65. The SMILES string of the molecule is NC(=S)c1cc(F)c(Nc2ccc(Cl)cc2Cl)c(F)c1. The van der Waals surface area contributed by atoms with E-state index in [1.165, 1.54) is 12.1 Å². The van der Waals surface area contributed by atoms with Crippen molar-refractivity contribution in [2.24, 2.45) is 5.73 Å². The maximum absolute atomic E-state index is 13.9. The van der Waals surface area contributed by atoms with Gasteiger partial charge in [-0.2, -0.15) is 0 Å². The zero-order chi connectivity index (χ0) is 14.9. The molecule has 0 aromatic heterocycles. The number of halogens is 4. The number of benzene rings is 2. The second-order valence-corrected chi connectivity index (χ2v) is 5.21. The molecule has 2 nitrogen and oxygen atoms in total. The van der Waals surface area contributed by atoms with Gasteiger partial charge in [0.05, 0.1) is 10.7 Å². The van der Waals surface area contributed by atoms with Gasteiger partial charge in [0.25, 0.3) is 0 Å². The Balaban J connectivity index is 2.41. The lowest BCUT2D eigenvalue weighted by Crippen LogP contribution is -2.11. The van der Waals surface area contributed by atoms with E-state index in [-0.39, 0.29) is 21.3 Å². The summed E-state index contributed by atoms with van der Waals surface area (Å²) in [5.41, 5.74) is 5.44. The Morgan fingerprint density at radius 1 is 1.10 bits per heavy atom. The fraction of sp³-hybridized carbons (Fsp3) is 0. The molecule has 7 heteroatoms. The Morgan fingerprint density at radius 2 is 1.70 bits per heavy atom. The van der Waals surface area contributed by atoms with Crippen molar-refractivity contribution >= 4 is 51.8 Å². The van der Waals surface area contributed by atoms with Crippen molar-refractivity contribution < 1.29 is 8.78 Å². The molecule has 3 N–H and O–H groups in total. The minimum Gasteiger partial charge on any atom is -0.389 e. The molecule has 0 heterocycles. The molecule has 0 amide bonds. The van der Waals surface area contributed by atoms with E-state index in [1.807, 2.05) is 0 Å². The van der Waals surface area contributed by atoms with Crippen molar-refractivity contribution in [1.29, 1.82) is 0 Å². The zero-order valence-corrected chi connectivity index (χ0v) is 12.2. The van der Waals surface area contributed by atoms with Gasteiger partial charge in [-0.05, 0) is 30.3 Å². The van der Waals surface area contributed by atoms with Crippen molar-refractivity contribution in [3.05, 3.63) is 57.6 Å². The molecule has 2 aromatic carbocycles.